The summed E-state index contributed by atoms with van der Waals surface area (Å²) >= 11 is 0. The van der Waals surface area contributed by atoms with Crippen LogP contribution in [0, 0.1) is 17.3 Å². The van der Waals surface area contributed by atoms with E-state index in [9.17, 15) is 0 Å². The molecule has 1 saturated heterocycles. The van der Waals surface area contributed by atoms with E-state index in [1.165, 1.54) is 25.7 Å². The first-order valence-corrected chi connectivity index (χ1v) is 7.81. The summed E-state index contributed by atoms with van der Waals surface area (Å²) in [6.45, 7) is 6.20. The van der Waals surface area contributed by atoms with Crippen molar-refractivity contribution in [2.24, 2.45) is 28.0 Å². The summed E-state index contributed by atoms with van der Waals surface area (Å²) < 4.78 is 5.91. The summed E-state index contributed by atoms with van der Waals surface area (Å²) in [5.74, 6) is 1.99. The summed E-state index contributed by atoms with van der Waals surface area (Å²) in [6.07, 6.45) is 6.73. The summed E-state index contributed by atoms with van der Waals surface area (Å²) in [5.41, 5.74) is 6.44. The molecule has 3 rings (SSSR count). The molecule has 0 aromatic rings. The van der Waals surface area contributed by atoms with Crippen LogP contribution in [0.2, 0.25) is 0 Å². The zero-order valence-corrected chi connectivity index (χ0v) is 14.9. The van der Waals surface area contributed by atoms with Crippen molar-refractivity contribution in [1.82, 2.24) is 5.32 Å². The molecule has 1 aliphatic heterocycles. The van der Waals surface area contributed by atoms with Crippen LogP contribution >= 0.6 is 24.0 Å². The van der Waals surface area contributed by atoms with Gasteiger partial charge < -0.3 is 15.8 Å². The lowest BCUT2D eigenvalue weighted by molar-refractivity contribution is -0.171. The van der Waals surface area contributed by atoms with Crippen LogP contribution in [0.3, 0.4) is 0 Å². The number of hydrogen-bond acceptors (Lipinski definition) is 2. The van der Waals surface area contributed by atoms with E-state index in [2.05, 4.69) is 24.2 Å². The van der Waals surface area contributed by atoms with E-state index in [4.69, 9.17) is 10.5 Å². The Kier molecular flexibility index (Phi) is 5.21. The van der Waals surface area contributed by atoms with Crippen molar-refractivity contribution in [1.29, 1.82) is 0 Å². The third kappa shape index (κ3) is 2.67. The molecule has 0 aromatic heterocycles. The standard InChI is InChI=1S/C15H27N3O.HI/c1-10(2)4-8-17-14(16)18-12-11-5-9-19-13(11)15(12)6-3-7-15;/h10-13H,3-9H2,1-2H3,(H3,16,17,18);1H. The summed E-state index contributed by atoms with van der Waals surface area (Å²) in [5, 5.41) is 3.50. The largest absolute Gasteiger partial charge is 0.377 e. The lowest BCUT2D eigenvalue weighted by Crippen LogP contribution is -2.72. The smallest absolute Gasteiger partial charge is 0.188 e. The zero-order chi connectivity index (χ0) is 13.5. The molecule has 116 valence electrons. The van der Waals surface area contributed by atoms with E-state index >= 15 is 0 Å². The fraction of sp³-hybridized carbons (Fsp3) is 0.933. The molecule has 4 nitrogen and oxygen atoms in total. The number of guanidine groups is 1. The van der Waals surface area contributed by atoms with Crippen molar-refractivity contribution in [3.63, 3.8) is 0 Å². The van der Waals surface area contributed by atoms with E-state index in [0.717, 1.165) is 19.6 Å². The SMILES string of the molecule is CC(C)CCN=C(N)NC1C2CCOC2C12CCC2.I. The highest BCUT2D eigenvalue weighted by atomic mass is 127. The van der Waals surface area contributed by atoms with Crippen molar-refractivity contribution in [2.45, 2.75) is 58.1 Å². The minimum Gasteiger partial charge on any atom is -0.377 e. The lowest BCUT2D eigenvalue weighted by Gasteiger charge is -2.63. The maximum atomic E-state index is 6.05. The van der Waals surface area contributed by atoms with Crippen molar-refractivity contribution in [3.8, 4) is 0 Å². The number of nitrogens with two attached hydrogens (primary N) is 1. The number of hydrogen-bond donors (Lipinski definition) is 2. The molecule has 0 bridgehead atoms. The quantitative estimate of drug-likeness (QED) is 0.439. The van der Waals surface area contributed by atoms with Crippen LogP contribution in [0.1, 0.15) is 46.0 Å². The Bertz CT molecular complexity index is 368. The second-order valence-corrected chi connectivity index (χ2v) is 6.90. The molecule has 0 aromatic carbocycles. The highest BCUT2D eigenvalue weighted by molar-refractivity contribution is 14.0. The Morgan fingerprint density at radius 2 is 2.20 bits per heavy atom. The van der Waals surface area contributed by atoms with E-state index in [1.807, 2.05) is 0 Å². The van der Waals surface area contributed by atoms with Gasteiger partial charge in [-0.25, -0.2) is 0 Å². The Morgan fingerprint density at radius 1 is 1.45 bits per heavy atom. The van der Waals surface area contributed by atoms with Gasteiger partial charge >= 0.3 is 0 Å². The van der Waals surface area contributed by atoms with Gasteiger partial charge in [-0.1, -0.05) is 20.3 Å². The van der Waals surface area contributed by atoms with Crippen LogP contribution < -0.4 is 11.1 Å². The molecule has 1 spiro atoms. The fourth-order valence-electron chi connectivity index (χ4n) is 4.10. The van der Waals surface area contributed by atoms with E-state index in [0.29, 0.717) is 35.4 Å². The van der Waals surface area contributed by atoms with Crippen molar-refractivity contribution in [3.05, 3.63) is 0 Å². The Hall–Kier alpha value is -0.0400. The molecule has 2 saturated carbocycles. The Labute approximate surface area is 139 Å². The van der Waals surface area contributed by atoms with Gasteiger partial charge in [-0.05, 0) is 31.6 Å². The normalized spacial score (nSPS) is 34.1. The molecule has 3 unspecified atom stereocenters. The summed E-state index contributed by atoms with van der Waals surface area (Å²) in [4.78, 5) is 4.47. The van der Waals surface area contributed by atoms with Gasteiger partial charge in [-0.2, -0.15) is 0 Å². The third-order valence-electron chi connectivity index (χ3n) is 5.33. The highest BCUT2D eigenvalue weighted by Gasteiger charge is 2.66. The monoisotopic (exact) mass is 393 g/mol. The Balaban J connectivity index is 0.00000147. The number of fused-ring (bicyclic) bond motifs is 2. The number of nitrogens with one attached hydrogen (secondary N) is 1. The molecule has 0 radical (unpaired) electrons. The topological polar surface area (TPSA) is 59.6 Å². The van der Waals surface area contributed by atoms with Gasteiger partial charge in [0.2, 0.25) is 0 Å². The second-order valence-electron chi connectivity index (χ2n) is 6.90. The predicted molar refractivity (Wildman–Crippen MR) is 92.4 cm³/mol. The molecule has 1 heterocycles. The van der Waals surface area contributed by atoms with Crippen molar-refractivity contribution in [2.75, 3.05) is 13.2 Å². The average Bonchev–Trinajstić information content (AvgIpc) is 2.69. The predicted octanol–water partition coefficient (Wildman–Crippen LogP) is 2.51. The van der Waals surface area contributed by atoms with Gasteiger partial charge in [0.1, 0.15) is 0 Å². The zero-order valence-electron chi connectivity index (χ0n) is 12.6. The van der Waals surface area contributed by atoms with E-state index in [-0.39, 0.29) is 24.0 Å². The number of aliphatic imine (C=N–C) groups is 1. The second kappa shape index (κ2) is 6.38. The molecule has 20 heavy (non-hydrogen) atoms. The van der Waals surface area contributed by atoms with Gasteiger partial charge in [0.05, 0.1) is 6.10 Å². The first-order chi connectivity index (χ1) is 9.13. The van der Waals surface area contributed by atoms with E-state index < -0.39 is 0 Å². The van der Waals surface area contributed by atoms with Crippen molar-refractivity contribution < 1.29 is 4.74 Å². The average molecular weight is 393 g/mol. The number of ether oxygens (including phenoxy) is 1. The summed E-state index contributed by atoms with van der Waals surface area (Å²) in [7, 11) is 0. The molecule has 3 aliphatic rings. The minimum atomic E-state index is 0. The van der Waals surface area contributed by atoms with Gasteiger partial charge in [0.25, 0.3) is 0 Å². The fourth-order valence-corrected chi connectivity index (χ4v) is 4.10. The summed E-state index contributed by atoms with van der Waals surface area (Å²) in [6, 6.07) is 0.511. The molecular weight excluding hydrogens is 365 g/mol. The van der Waals surface area contributed by atoms with Gasteiger partial charge in [-0.3, -0.25) is 4.99 Å². The molecular formula is C15H28IN3O. The third-order valence-corrected chi connectivity index (χ3v) is 5.33. The van der Waals surface area contributed by atoms with E-state index in [1.54, 1.807) is 0 Å². The van der Waals surface area contributed by atoms with Crippen LogP contribution in [-0.2, 0) is 4.74 Å². The van der Waals surface area contributed by atoms with Crippen LogP contribution in [0.15, 0.2) is 4.99 Å². The molecule has 5 heteroatoms. The van der Waals surface area contributed by atoms with Crippen LogP contribution in [-0.4, -0.2) is 31.3 Å². The minimum absolute atomic E-state index is 0. The first kappa shape index (κ1) is 16.3. The van der Waals surface area contributed by atoms with Gasteiger partial charge in [-0.15, -0.1) is 24.0 Å². The maximum absolute atomic E-state index is 6.05. The van der Waals surface area contributed by atoms with Crippen LogP contribution in [0.25, 0.3) is 0 Å². The molecule has 0 amide bonds. The molecule has 3 atom stereocenters. The van der Waals surface area contributed by atoms with Gasteiger partial charge in [0.15, 0.2) is 5.96 Å². The first-order valence-electron chi connectivity index (χ1n) is 7.81. The van der Waals surface area contributed by atoms with Crippen LogP contribution in [0.5, 0.6) is 0 Å². The lowest BCUT2D eigenvalue weighted by atomic mass is 9.46. The number of rotatable bonds is 4. The number of halogens is 1. The van der Waals surface area contributed by atoms with Crippen LogP contribution in [0.4, 0.5) is 0 Å². The molecule has 2 aliphatic carbocycles. The van der Waals surface area contributed by atoms with Crippen molar-refractivity contribution >= 4 is 29.9 Å². The Morgan fingerprint density at radius 3 is 2.80 bits per heavy atom. The maximum Gasteiger partial charge on any atom is 0.188 e. The molecule has 3 fully saturated rings. The highest BCUT2D eigenvalue weighted by Crippen LogP contribution is 2.62. The molecule has 3 N–H and O–H groups in total. The van der Waals surface area contributed by atoms with Gasteiger partial charge in [0, 0.05) is 30.5 Å². The number of nitrogens with zero attached hydrogens (tertiary/aromatic N) is 1.